The normalized spacial score (nSPS) is 17.4. The van der Waals surface area contributed by atoms with Gasteiger partial charge in [-0.05, 0) is 40.8 Å². The van der Waals surface area contributed by atoms with Gasteiger partial charge in [-0.3, -0.25) is 0 Å². The van der Waals surface area contributed by atoms with Crippen molar-refractivity contribution in [3.05, 3.63) is 117 Å². The second kappa shape index (κ2) is 9.97. The quantitative estimate of drug-likeness (QED) is 0.168. The van der Waals surface area contributed by atoms with Crippen LogP contribution in [0.4, 0.5) is 5.82 Å². The standard InChI is InChI=1S/C28H22BrN3S3/c29-20-13-11-17(12-14-20)16-33-28-31-26(30)23-21-15-22(18-7-3-1-4-8-18)34-24(19-9-5-2-6-10-19)25(21)35-27(23)32-28/h1-14,22,24H,15-16H2,(H2,30,31,32)/t22-,24-/m1/s1. The third-order valence-corrected chi connectivity index (χ3v) is 10.5. The van der Waals surface area contributed by atoms with E-state index in [0.717, 1.165) is 32.0 Å². The van der Waals surface area contributed by atoms with Gasteiger partial charge in [0.05, 0.1) is 10.6 Å². The van der Waals surface area contributed by atoms with Crippen LogP contribution in [-0.2, 0) is 12.2 Å². The van der Waals surface area contributed by atoms with Gasteiger partial charge in [0.2, 0.25) is 0 Å². The zero-order chi connectivity index (χ0) is 23.8. The zero-order valence-electron chi connectivity index (χ0n) is 18.7. The van der Waals surface area contributed by atoms with Crippen LogP contribution in [0.25, 0.3) is 10.2 Å². The molecule has 0 saturated carbocycles. The number of nitrogen functional groups attached to an aromatic ring is 1. The molecule has 174 valence electrons. The van der Waals surface area contributed by atoms with Gasteiger partial charge in [0.1, 0.15) is 10.6 Å². The average Bonchev–Trinajstić information content (AvgIpc) is 3.28. The second-order valence-electron chi connectivity index (χ2n) is 8.46. The molecule has 3 nitrogen and oxygen atoms in total. The second-order valence-corrected chi connectivity index (χ2v) is 12.7. The summed E-state index contributed by atoms with van der Waals surface area (Å²) in [4.78, 5) is 12.1. The van der Waals surface area contributed by atoms with Crippen LogP contribution < -0.4 is 5.73 Å². The number of halogens is 1. The van der Waals surface area contributed by atoms with Gasteiger partial charge in [-0.25, -0.2) is 9.97 Å². The van der Waals surface area contributed by atoms with Gasteiger partial charge in [-0.15, -0.1) is 23.1 Å². The SMILES string of the molecule is Nc1nc(SCc2ccc(Br)cc2)nc2sc3c(c12)C[C@H](c1ccccc1)S[C@@H]3c1ccccc1. The summed E-state index contributed by atoms with van der Waals surface area (Å²) in [6.45, 7) is 0. The first-order valence-corrected chi connectivity index (χ1v) is 14.9. The third-order valence-electron chi connectivity index (χ3n) is 6.17. The lowest BCUT2D eigenvalue weighted by atomic mass is 9.98. The van der Waals surface area contributed by atoms with Crippen LogP contribution in [0.3, 0.4) is 0 Å². The monoisotopic (exact) mass is 575 g/mol. The molecule has 0 aliphatic carbocycles. The Bertz CT molecular complexity index is 1470. The molecule has 1 aliphatic heterocycles. The summed E-state index contributed by atoms with van der Waals surface area (Å²) in [6, 6.07) is 29.9. The number of thiophene rings is 1. The average molecular weight is 577 g/mol. The molecule has 35 heavy (non-hydrogen) atoms. The lowest BCUT2D eigenvalue weighted by Crippen LogP contribution is -2.12. The van der Waals surface area contributed by atoms with E-state index < -0.39 is 0 Å². The van der Waals surface area contributed by atoms with Crippen molar-refractivity contribution in [2.24, 2.45) is 0 Å². The maximum absolute atomic E-state index is 6.61. The van der Waals surface area contributed by atoms with E-state index >= 15 is 0 Å². The molecule has 7 heteroatoms. The minimum atomic E-state index is 0.252. The Morgan fingerprint density at radius 1 is 0.886 bits per heavy atom. The van der Waals surface area contributed by atoms with E-state index in [-0.39, 0.29) is 5.25 Å². The highest BCUT2D eigenvalue weighted by Gasteiger charge is 2.34. The van der Waals surface area contributed by atoms with Crippen LogP contribution in [0.15, 0.2) is 94.6 Å². The first kappa shape index (κ1) is 23.1. The molecule has 6 rings (SSSR count). The fourth-order valence-electron chi connectivity index (χ4n) is 4.47. The molecular formula is C28H22BrN3S3. The summed E-state index contributed by atoms with van der Waals surface area (Å²) >= 11 is 8.94. The minimum absolute atomic E-state index is 0.252. The molecule has 0 fully saturated rings. The van der Waals surface area contributed by atoms with E-state index in [4.69, 9.17) is 15.7 Å². The number of thioether (sulfide) groups is 2. The molecule has 3 heterocycles. The number of hydrogen-bond donors (Lipinski definition) is 1. The van der Waals surface area contributed by atoms with Crippen molar-refractivity contribution < 1.29 is 0 Å². The molecule has 2 atom stereocenters. The van der Waals surface area contributed by atoms with E-state index in [1.54, 1.807) is 23.1 Å². The van der Waals surface area contributed by atoms with Gasteiger partial charge < -0.3 is 5.73 Å². The first-order valence-electron chi connectivity index (χ1n) is 11.4. The Hall–Kier alpha value is -2.32. The zero-order valence-corrected chi connectivity index (χ0v) is 22.8. The number of fused-ring (bicyclic) bond motifs is 3. The number of nitrogens with zero attached hydrogens (tertiary/aromatic N) is 2. The molecule has 0 spiro atoms. The molecule has 0 radical (unpaired) electrons. The van der Waals surface area contributed by atoms with Crippen LogP contribution in [-0.4, -0.2) is 9.97 Å². The molecule has 2 N–H and O–H groups in total. The van der Waals surface area contributed by atoms with Crippen LogP contribution in [0.2, 0.25) is 0 Å². The topological polar surface area (TPSA) is 51.8 Å². The predicted octanol–water partition coefficient (Wildman–Crippen LogP) is 8.45. The van der Waals surface area contributed by atoms with Crippen LogP contribution in [0, 0.1) is 0 Å². The molecule has 1 aliphatic rings. The van der Waals surface area contributed by atoms with E-state index in [0.29, 0.717) is 11.1 Å². The number of rotatable bonds is 5. The Labute approximate surface area is 225 Å². The van der Waals surface area contributed by atoms with Gasteiger partial charge >= 0.3 is 0 Å². The molecule has 3 aromatic carbocycles. The fraction of sp³-hybridized carbons (Fsp3) is 0.143. The Kier molecular flexibility index (Phi) is 6.58. The van der Waals surface area contributed by atoms with Crippen molar-refractivity contribution in [1.29, 1.82) is 0 Å². The smallest absolute Gasteiger partial charge is 0.191 e. The van der Waals surface area contributed by atoms with Gasteiger partial charge in [-0.2, -0.15) is 0 Å². The largest absolute Gasteiger partial charge is 0.383 e. The Morgan fingerprint density at radius 3 is 2.29 bits per heavy atom. The lowest BCUT2D eigenvalue weighted by molar-refractivity contribution is 0.893. The summed E-state index contributed by atoms with van der Waals surface area (Å²) < 4.78 is 1.08. The van der Waals surface area contributed by atoms with Crippen molar-refractivity contribution in [3.63, 3.8) is 0 Å². The maximum Gasteiger partial charge on any atom is 0.191 e. The number of hydrogen-bond acceptors (Lipinski definition) is 6. The van der Waals surface area contributed by atoms with Gasteiger partial charge in [0, 0.05) is 20.4 Å². The highest BCUT2D eigenvalue weighted by Crippen LogP contribution is 2.55. The van der Waals surface area contributed by atoms with E-state index in [1.807, 2.05) is 11.8 Å². The Morgan fingerprint density at radius 2 is 1.57 bits per heavy atom. The minimum Gasteiger partial charge on any atom is -0.383 e. The van der Waals surface area contributed by atoms with Crippen molar-refractivity contribution >= 4 is 66.8 Å². The summed E-state index contributed by atoms with van der Waals surface area (Å²) in [6.07, 6.45) is 0.937. The van der Waals surface area contributed by atoms with Gasteiger partial charge in [-0.1, -0.05) is 100 Å². The van der Waals surface area contributed by atoms with Crippen molar-refractivity contribution in [3.8, 4) is 0 Å². The predicted molar refractivity (Wildman–Crippen MR) is 154 cm³/mol. The van der Waals surface area contributed by atoms with E-state index in [1.165, 1.54) is 27.1 Å². The highest BCUT2D eigenvalue weighted by molar-refractivity contribution is 9.10. The molecular weight excluding hydrogens is 554 g/mol. The molecule has 2 aromatic heterocycles. The maximum atomic E-state index is 6.61. The number of aromatic nitrogens is 2. The number of nitrogens with two attached hydrogens (primary N) is 1. The molecule has 0 amide bonds. The first-order chi connectivity index (χ1) is 17.2. The summed E-state index contributed by atoms with van der Waals surface area (Å²) in [5, 5.41) is 2.39. The highest BCUT2D eigenvalue weighted by atomic mass is 79.9. The third kappa shape index (κ3) is 4.75. The van der Waals surface area contributed by atoms with Crippen molar-refractivity contribution in [1.82, 2.24) is 9.97 Å². The summed E-state index contributed by atoms with van der Waals surface area (Å²) in [7, 11) is 0. The molecule has 5 aromatic rings. The van der Waals surface area contributed by atoms with Gasteiger partial charge in [0.25, 0.3) is 0 Å². The summed E-state index contributed by atoms with van der Waals surface area (Å²) in [5.41, 5.74) is 11.8. The summed E-state index contributed by atoms with van der Waals surface area (Å²) in [5.74, 6) is 1.40. The van der Waals surface area contributed by atoms with Crippen molar-refractivity contribution in [2.45, 2.75) is 27.8 Å². The molecule has 0 bridgehead atoms. The van der Waals surface area contributed by atoms with Crippen LogP contribution in [0.1, 0.15) is 37.6 Å². The van der Waals surface area contributed by atoms with Gasteiger partial charge in [0.15, 0.2) is 5.16 Å². The van der Waals surface area contributed by atoms with E-state index in [2.05, 4.69) is 101 Å². The number of anilines is 1. The fourth-order valence-corrected chi connectivity index (χ4v) is 8.62. The van der Waals surface area contributed by atoms with Crippen LogP contribution in [0.5, 0.6) is 0 Å². The Balaban J connectivity index is 1.39. The van der Waals surface area contributed by atoms with Crippen LogP contribution >= 0.6 is 50.8 Å². The molecule has 0 saturated heterocycles. The van der Waals surface area contributed by atoms with Crippen molar-refractivity contribution in [2.75, 3.05) is 5.73 Å². The lowest BCUT2D eigenvalue weighted by Gasteiger charge is -2.30. The van der Waals surface area contributed by atoms with E-state index in [9.17, 15) is 0 Å². The number of benzene rings is 3. The molecule has 0 unspecified atom stereocenters.